The predicted molar refractivity (Wildman–Crippen MR) is 143 cm³/mol. The number of hydrogen-bond donors (Lipinski definition) is 0. The molecule has 0 N–H and O–H groups in total. The second-order valence-electron chi connectivity index (χ2n) is 8.65. The number of benzene rings is 3. The van der Waals surface area contributed by atoms with Crippen LogP contribution in [0.25, 0.3) is 10.2 Å². The van der Waals surface area contributed by atoms with Crippen LogP contribution in [0, 0.1) is 13.8 Å². The summed E-state index contributed by atoms with van der Waals surface area (Å²) in [6.45, 7) is 5.40. The fourth-order valence-corrected chi connectivity index (χ4v) is 6.29. The largest absolute Gasteiger partial charge is 0.383 e. The van der Waals surface area contributed by atoms with Crippen LogP contribution < -0.4 is 4.80 Å². The molecule has 0 fully saturated rings. The molecule has 0 aliphatic heterocycles. The molecule has 7 nitrogen and oxygen atoms in total. The van der Waals surface area contributed by atoms with E-state index in [9.17, 15) is 13.2 Å². The molecule has 9 heteroatoms. The molecule has 36 heavy (non-hydrogen) atoms. The minimum absolute atomic E-state index is 0.126. The maximum atomic E-state index is 13.0. The van der Waals surface area contributed by atoms with Crippen molar-refractivity contribution < 1.29 is 17.9 Å². The summed E-state index contributed by atoms with van der Waals surface area (Å²) >= 11 is 1.46. The first-order chi connectivity index (χ1) is 17.2. The van der Waals surface area contributed by atoms with Gasteiger partial charge in [0.1, 0.15) is 0 Å². The summed E-state index contributed by atoms with van der Waals surface area (Å²) < 4.78 is 35.7. The van der Waals surface area contributed by atoms with E-state index in [4.69, 9.17) is 4.74 Å². The van der Waals surface area contributed by atoms with Gasteiger partial charge in [-0.2, -0.15) is 9.30 Å². The summed E-state index contributed by atoms with van der Waals surface area (Å²) in [5.41, 5.74) is 4.50. The van der Waals surface area contributed by atoms with E-state index in [2.05, 4.69) is 17.1 Å². The third kappa shape index (κ3) is 5.49. The Hall–Kier alpha value is -3.11. The molecule has 0 atom stereocenters. The highest BCUT2D eigenvalue weighted by molar-refractivity contribution is 7.89. The Morgan fingerprint density at radius 1 is 1.06 bits per heavy atom. The third-order valence-corrected chi connectivity index (χ3v) is 8.94. The zero-order valence-electron chi connectivity index (χ0n) is 20.8. The van der Waals surface area contributed by atoms with Crippen molar-refractivity contribution in [3.8, 4) is 0 Å². The van der Waals surface area contributed by atoms with Crippen LogP contribution >= 0.6 is 11.3 Å². The van der Waals surface area contributed by atoms with Crippen LogP contribution in [0.4, 0.5) is 0 Å². The summed E-state index contributed by atoms with van der Waals surface area (Å²) in [5, 5.41) is 0. The van der Waals surface area contributed by atoms with Gasteiger partial charge in [-0.1, -0.05) is 47.7 Å². The number of fused-ring (bicyclic) bond motifs is 1. The van der Waals surface area contributed by atoms with Crippen molar-refractivity contribution in [2.75, 3.05) is 20.8 Å². The molecule has 4 rings (SSSR count). The standard InChI is InChI=1S/C27H29N3O4S2/c1-19-16-20(2)25-24(17-19)30(14-15-34-4)27(35-25)28-26(31)22-10-12-23(13-11-22)36(32,33)29(3)18-21-8-6-5-7-9-21/h5-13,16-17H,14-15,18H2,1-4H3. The van der Waals surface area contributed by atoms with Gasteiger partial charge in [-0.25, -0.2) is 8.42 Å². The molecule has 1 heterocycles. The summed E-state index contributed by atoms with van der Waals surface area (Å²) in [6, 6.07) is 19.5. The van der Waals surface area contributed by atoms with Gasteiger partial charge in [-0.3, -0.25) is 4.79 Å². The van der Waals surface area contributed by atoms with Crippen LogP contribution in [0.5, 0.6) is 0 Å². The monoisotopic (exact) mass is 523 g/mol. The highest BCUT2D eigenvalue weighted by atomic mass is 32.2. The lowest BCUT2D eigenvalue weighted by atomic mass is 10.1. The molecule has 0 aliphatic rings. The number of methoxy groups -OCH3 is 1. The SMILES string of the molecule is COCCn1c(=NC(=O)c2ccc(S(=O)(=O)N(C)Cc3ccccc3)cc2)sc2c(C)cc(C)cc21. The van der Waals surface area contributed by atoms with Crippen LogP contribution in [0.15, 0.2) is 76.6 Å². The Labute approximate surface area is 215 Å². The van der Waals surface area contributed by atoms with E-state index in [-0.39, 0.29) is 11.4 Å². The molecule has 0 unspecified atom stereocenters. The maximum Gasteiger partial charge on any atom is 0.279 e. The van der Waals surface area contributed by atoms with Crippen molar-refractivity contribution >= 4 is 37.5 Å². The summed E-state index contributed by atoms with van der Waals surface area (Å²) in [5.74, 6) is -0.427. The Morgan fingerprint density at radius 3 is 2.42 bits per heavy atom. The van der Waals surface area contributed by atoms with Crippen molar-refractivity contribution in [1.29, 1.82) is 0 Å². The molecule has 0 saturated heterocycles. The highest BCUT2D eigenvalue weighted by Crippen LogP contribution is 2.24. The molecule has 0 bridgehead atoms. The van der Waals surface area contributed by atoms with Gasteiger partial charge in [0.2, 0.25) is 10.0 Å². The average molecular weight is 524 g/mol. The first-order valence-corrected chi connectivity index (χ1v) is 13.8. The number of amides is 1. The number of thiazole rings is 1. The lowest BCUT2D eigenvalue weighted by Gasteiger charge is -2.17. The normalized spacial score (nSPS) is 12.5. The molecular weight excluding hydrogens is 494 g/mol. The van der Waals surface area contributed by atoms with E-state index in [1.54, 1.807) is 14.2 Å². The van der Waals surface area contributed by atoms with E-state index < -0.39 is 15.9 Å². The van der Waals surface area contributed by atoms with Gasteiger partial charge in [-0.15, -0.1) is 0 Å². The van der Waals surface area contributed by atoms with Gasteiger partial charge < -0.3 is 9.30 Å². The van der Waals surface area contributed by atoms with Crippen molar-refractivity contribution in [3.63, 3.8) is 0 Å². The lowest BCUT2D eigenvalue weighted by Crippen LogP contribution is -2.26. The number of aryl methyl sites for hydroxylation is 2. The first-order valence-electron chi connectivity index (χ1n) is 11.5. The number of rotatable bonds is 8. The van der Waals surface area contributed by atoms with Crippen LogP contribution in [0.1, 0.15) is 27.0 Å². The molecule has 0 saturated carbocycles. The van der Waals surface area contributed by atoms with E-state index in [1.165, 1.54) is 39.9 Å². The fourth-order valence-electron chi connectivity index (χ4n) is 4.02. The average Bonchev–Trinajstić information content (AvgIpc) is 3.20. The molecule has 0 aliphatic carbocycles. The molecule has 188 valence electrons. The minimum atomic E-state index is -3.71. The predicted octanol–water partition coefficient (Wildman–Crippen LogP) is 4.53. The number of sulfonamides is 1. The van der Waals surface area contributed by atoms with Gasteiger partial charge in [0, 0.05) is 32.8 Å². The highest BCUT2D eigenvalue weighted by Gasteiger charge is 2.21. The Bertz CT molecular complexity index is 1550. The Balaban J connectivity index is 1.63. The molecule has 1 amide bonds. The number of hydrogen-bond acceptors (Lipinski definition) is 5. The number of carbonyl (C=O) groups excluding carboxylic acids is 1. The van der Waals surface area contributed by atoms with Crippen molar-refractivity contribution in [1.82, 2.24) is 8.87 Å². The topological polar surface area (TPSA) is 81.0 Å². The number of aromatic nitrogens is 1. The van der Waals surface area contributed by atoms with E-state index in [0.29, 0.717) is 23.5 Å². The van der Waals surface area contributed by atoms with Crippen LogP contribution in [0.2, 0.25) is 0 Å². The van der Waals surface area contributed by atoms with Gasteiger partial charge in [0.05, 0.1) is 21.7 Å². The smallest absolute Gasteiger partial charge is 0.279 e. The third-order valence-electron chi connectivity index (χ3n) is 5.89. The molecule has 0 radical (unpaired) electrons. The van der Waals surface area contributed by atoms with Crippen molar-refractivity contribution in [2.24, 2.45) is 4.99 Å². The second-order valence-corrected chi connectivity index (χ2v) is 11.7. The molecule has 4 aromatic rings. The van der Waals surface area contributed by atoms with Crippen LogP contribution in [-0.2, 0) is 27.8 Å². The summed E-state index contributed by atoms with van der Waals surface area (Å²) in [6.07, 6.45) is 0. The number of nitrogens with zero attached hydrogens (tertiary/aromatic N) is 3. The van der Waals surface area contributed by atoms with Crippen LogP contribution in [0.3, 0.4) is 0 Å². The van der Waals surface area contributed by atoms with Gasteiger partial charge in [0.25, 0.3) is 5.91 Å². The molecule has 0 spiro atoms. The summed E-state index contributed by atoms with van der Waals surface area (Å²) in [7, 11) is -0.525. The van der Waals surface area contributed by atoms with Crippen molar-refractivity contribution in [2.45, 2.75) is 31.8 Å². The quantitative estimate of drug-likeness (QED) is 0.340. The van der Waals surface area contributed by atoms with Gasteiger partial charge >= 0.3 is 0 Å². The summed E-state index contributed by atoms with van der Waals surface area (Å²) in [4.78, 5) is 18.1. The fraction of sp³-hybridized carbons (Fsp3) is 0.259. The van der Waals surface area contributed by atoms with E-state index in [0.717, 1.165) is 26.9 Å². The van der Waals surface area contributed by atoms with Gasteiger partial charge in [0.15, 0.2) is 4.80 Å². The Kier molecular flexibility index (Phi) is 7.85. The molecular formula is C27H29N3O4S2. The molecule has 3 aromatic carbocycles. The number of carbonyl (C=O) groups is 1. The zero-order chi connectivity index (χ0) is 25.9. The van der Waals surface area contributed by atoms with Crippen molar-refractivity contribution in [3.05, 3.63) is 93.8 Å². The van der Waals surface area contributed by atoms with Crippen LogP contribution in [-0.4, -0.2) is 44.0 Å². The first kappa shape index (κ1) is 26.0. The minimum Gasteiger partial charge on any atom is -0.383 e. The second kappa shape index (κ2) is 10.9. The Morgan fingerprint density at radius 2 is 1.75 bits per heavy atom. The lowest BCUT2D eigenvalue weighted by molar-refractivity contribution is 0.0997. The van der Waals surface area contributed by atoms with E-state index >= 15 is 0 Å². The van der Waals surface area contributed by atoms with Gasteiger partial charge in [-0.05, 0) is 60.9 Å². The number of ether oxygens (including phenoxy) is 1. The zero-order valence-corrected chi connectivity index (χ0v) is 22.4. The maximum absolute atomic E-state index is 13.0. The molecule has 1 aromatic heterocycles. The van der Waals surface area contributed by atoms with E-state index in [1.807, 2.05) is 48.7 Å².